The minimum absolute atomic E-state index is 0.402. The van der Waals surface area contributed by atoms with Crippen molar-refractivity contribution in [1.29, 1.82) is 0 Å². The van der Waals surface area contributed by atoms with Crippen LogP contribution in [0, 0.1) is 5.92 Å². The van der Waals surface area contributed by atoms with Crippen LogP contribution in [0.15, 0.2) is 0 Å². The van der Waals surface area contributed by atoms with E-state index in [0.29, 0.717) is 5.92 Å². The van der Waals surface area contributed by atoms with Gasteiger partial charge < -0.3 is 9.84 Å². The van der Waals surface area contributed by atoms with Gasteiger partial charge in [0.2, 0.25) is 0 Å². The fraction of sp³-hybridized carbons (Fsp3) is 1.00. The zero-order valence-corrected chi connectivity index (χ0v) is 6.55. The third-order valence-electron chi connectivity index (χ3n) is 2.29. The molecule has 1 aliphatic rings. The van der Waals surface area contributed by atoms with Gasteiger partial charge in [-0.1, -0.05) is 19.3 Å². The summed E-state index contributed by atoms with van der Waals surface area (Å²) in [4.78, 5) is 0. The van der Waals surface area contributed by atoms with Gasteiger partial charge in [-0.2, -0.15) is 0 Å². The third-order valence-corrected chi connectivity index (χ3v) is 2.29. The van der Waals surface area contributed by atoms with Gasteiger partial charge in [-0.3, -0.25) is 0 Å². The molecule has 1 saturated carbocycles. The van der Waals surface area contributed by atoms with Gasteiger partial charge >= 0.3 is 0 Å². The minimum atomic E-state index is -0.514. The molecule has 0 aliphatic heterocycles. The van der Waals surface area contributed by atoms with Gasteiger partial charge in [0.15, 0.2) is 6.29 Å². The molecule has 2 nitrogen and oxygen atoms in total. The second kappa shape index (κ2) is 3.94. The molecule has 60 valence electrons. The van der Waals surface area contributed by atoms with Crippen molar-refractivity contribution in [3.8, 4) is 0 Å². The zero-order valence-electron chi connectivity index (χ0n) is 6.55. The lowest BCUT2D eigenvalue weighted by molar-refractivity contribution is -0.120. The van der Waals surface area contributed by atoms with Crippen molar-refractivity contribution < 1.29 is 9.84 Å². The Balaban J connectivity index is 2.24. The molecule has 0 heterocycles. The maximum absolute atomic E-state index is 9.26. The monoisotopic (exact) mass is 144 g/mol. The van der Waals surface area contributed by atoms with Crippen LogP contribution in [-0.2, 0) is 4.74 Å². The van der Waals surface area contributed by atoms with Crippen LogP contribution in [0.25, 0.3) is 0 Å². The highest BCUT2D eigenvalue weighted by Gasteiger charge is 2.20. The molecule has 2 heteroatoms. The molecule has 1 aliphatic carbocycles. The summed E-state index contributed by atoms with van der Waals surface area (Å²) in [7, 11) is 1.57. The summed E-state index contributed by atoms with van der Waals surface area (Å²) in [6, 6.07) is 0. The van der Waals surface area contributed by atoms with Gasteiger partial charge in [-0.25, -0.2) is 0 Å². The predicted octanol–water partition coefficient (Wildman–Crippen LogP) is 1.53. The molecule has 0 bridgehead atoms. The molecule has 1 fully saturated rings. The van der Waals surface area contributed by atoms with Gasteiger partial charge in [0.1, 0.15) is 0 Å². The third kappa shape index (κ3) is 1.96. The number of aliphatic hydroxyl groups excluding tert-OH is 1. The first-order valence-corrected chi connectivity index (χ1v) is 4.05. The Hall–Kier alpha value is -0.0800. The fourth-order valence-electron chi connectivity index (χ4n) is 1.61. The molecular weight excluding hydrogens is 128 g/mol. The van der Waals surface area contributed by atoms with E-state index >= 15 is 0 Å². The quantitative estimate of drug-likeness (QED) is 0.595. The SMILES string of the molecule is CO[C@@H](O)C1CCCCC1. The Kier molecular flexibility index (Phi) is 3.16. The highest BCUT2D eigenvalue weighted by atomic mass is 16.6. The second-order valence-corrected chi connectivity index (χ2v) is 3.02. The Bertz CT molecular complexity index is 87.3. The summed E-state index contributed by atoms with van der Waals surface area (Å²) in [6.45, 7) is 0. The minimum Gasteiger partial charge on any atom is -0.368 e. The molecule has 0 radical (unpaired) electrons. The summed E-state index contributed by atoms with van der Waals surface area (Å²) in [6.07, 6.45) is 5.59. The lowest BCUT2D eigenvalue weighted by Gasteiger charge is -2.24. The van der Waals surface area contributed by atoms with Crippen molar-refractivity contribution in [2.45, 2.75) is 38.4 Å². The van der Waals surface area contributed by atoms with Crippen LogP contribution in [0.5, 0.6) is 0 Å². The molecule has 0 aromatic carbocycles. The molecule has 1 atom stereocenters. The van der Waals surface area contributed by atoms with E-state index in [4.69, 9.17) is 4.74 Å². The number of rotatable bonds is 2. The van der Waals surface area contributed by atoms with E-state index in [9.17, 15) is 5.11 Å². The molecule has 0 aromatic heterocycles. The summed E-state index contributed by atoms with van der Waals surface area (Å²) >= 11 is 0. The van der Waals surface area contributed by atoms with Crippen LogP contribution in [0.4, 0.5) is 0 Å². The molecule has 0 unspecified atom stereocenters. The Morgan fingerprint density at radius 1 is 1.30 bits per heavy atom. The summed E-state index contributed by atoms with van der Waals surface area (Å²) in [5, 5.41) is 9.26. The zero-order chi connectivity index (χ0) is 7.40. The topological polar surface area (TPSA) is 29.5 Å². The van der Waals surface area contributed by atoms with Crippen LogP contribution in [-0.4, -0.2) is 18.5 Å². The Morgan fingerprint density at radius 2 is 1.90 bits per heavy atom. The fourth-order valence-corrected chi connectivity index (χ4v) is 1.61. The molecule has 1 N–H and O–H groups in total. The molecular formula is C8H16O2. The Labute approximate surface area is 62.2 Å². The van der Waals surface area contributed by atoms with Gasteiger partial charge in [0.05, 0.1) is 0 Å². The highest BCUT2D eigenvalue weighted by Crippen LogP contribution is 2.26. The van der Waals surface area contributed by atoms with Crippen molar-refractivity contribution in [2.75, 3.05) is 7.11 Å². The average molecular weight is 144 g/mol. The summed E-state index contributed by atoms with van der Waals surface area (Å²) in [5.74, 6) is 0.402. The summed E-state index contributed by atoms with van der Waals surface area (Å²) in [5.41, 5.74) is 0. The van der Waals surface area contributed by atoms with E-state index < -0.39 is 6.29 Å². The van der Waals surface area contributed by atoms with Gasteiger partial charge in [0.25, 0.3) is 0 Å². The van der Waals surface area contributed by atoms with Crippen LogP contribution >= 0.6 is 0 Å². The lowest BCUT2D eigenvalue weighted by atomic mass is 9.89. The molecule has 0 spiro atoms. The molecule has 0 aromatic rings. The van der Waals surface area contributed by atoms with Gasteiger partial charge in [-0.15, -0.1) is 0 Å². The molecule has 1 rings (SSSR count). The van der Waals surface area contributed by atoms with E-state index in [1.807, 2.05) is 0 Å². The maximum atomic E-state index is 9.26. The molecule has 0 amide bonds. The number of aliphatic hydroxyl groups is 1. The summed E-state index contributed by atoms with van der Waals surface area (Å²) < 4.78 is 4.85. The number of methoxy groups -OCH3 is 1. The number of hydrogen-bond donors (Lipinski definition) is 1. The van der Waals surface area contributed by atoms with E-state index in [1.165, 1.54) is 19.3 Å². The standard InChI is InChI=1S/C8H16O2/c1-10-8(9)7-5-3-2-4-6-7/h7-9H,2-6H2,1H3/t8-/m1/s1. The molecule has 10 heavy (non-hydrogen) atoms. The van der Waals surface area contributed by atoms with Crippen molar-refractivity contribution in [3.63, 3.8) is 0 Å². The largest absolute Gasteiger partial charge is 0.368 e. The normalized spacial score (nSPS) is 24.6. The van der Waals surface area contributed by atoms with Crippen molar-refractivity contribution in [3.05, 3.63) is 0 Å². The lowest BCUT2D eigenvalue weighted by Crippen LogP contribution is -2.24. The van der Waals surface area contributed by atoms with Crippen LogP contribution < -0.4 is 0 Å². The van der Waals surface area contributed by atoms with Crippen molar-refractivity contribution in [2.24, 2.45) is 5.92 Å². The first-order chi connectivity index (χ1) is 4.84. The van der Waals surface area contributed by atoms with Crippen LogP contribution in [0.3, 0.4) is 0 Å². The van der Waals surface area contributed by atoms with Crippen LogP contribution in [0.1, 0.15) is 32.1 Å². The number of ether oxygens (including phenoxy) is 1. The average Bonchev–Trinajstić information content (AvgIpc) is 2.05. The van der Waals surface area contributed by atoms with Crippen molar-refractivity contribution >= 4 is 0 Å². The van der Waals surface area contributed by atoms with E-state index in [1.54, 1.807) is 7.11 Å². The van der Waals surface area contributed by atoms with E-state index in [0.717, 1.165) is 12.8 Å². The van der Waals surface area contributed by atoms with Crippen LogP contribution in [0.2, 0.25) is 0 Å². The molecule has 0 saturated heterocycles. The predicted molar refractivity (Wildman–Crippen MR) is 39.6 cm³/mol. The van der Waals surface area contributed by atoms with Gasteiger partial charge in [0, 0.05) is 13.0 Å². The highest BCUT2D eigenvalue weighted by molar-refractivity contribution is 4.67. The smallest absolute Gasteiger partial charge is 0.156 e. The first-order valence-electron chi connectivity index (χ1n) is 4.05. The number of hydrogen-bond acceptors (Lipinski definition) is 2. The maximum Gasteiger partial charge on any atom is 0.156 e. The first kappa shape index (κ1) is 8.02. The van der Waals surface area contributed by atoms with Crippen molar-refractivity contribution in [1.82, 2.24) is 0 Å². The van der Waals surface area contributed by atoms with E-state index in [-0.39, 0.29) is 0 Å². The van der Waals surface area contributed by atoms with Gasteiger partial charge in [-0.05, 0) is 12.8 Å². The second-order valence-electron chi connectivity index (χ2n) is 3.02. The van der Waals surface area contributed by atoms with E-state index in [2.05, 4.69) is 0 Å². The Morgan fingerprint density at radius 3 is 2.40 bits per heavy atom.